The largest absolute Gasteiger partial charge is 0.493 e. The molecule has 0 bridgehead atoms. The van der Waals surface area contributed by atoms with E-state index in [1.165, 1.54) is 7.11 Å². The Hall–Kier alpha value is -3.02. The fourth-order valence-electron chi connectivity index (χ4n) is 3.44. The van der Waals surface area contributed by atoms with Crippen LogP contribution in [0.4, 0.5) is 11.4 Å². The minimum absolute atomic E-state index is 0.209. The molecule has 2 aromatic rings. The van der Waals surface area contributed by atoms with Gasteiger partial charge >= 0.3 is 0 Å². The lowest BCUT2D eigenvalue weighted by Crippen LogP contribution is -2.30. The topological polar surface area (TPSA) is 67.9 Å². The Kier molecular flexibility index (Phi) is 4.48. The van der Waals surface area contributed by atoms with Crippen molar-refractivity contribution in [1.29, 1.82) is 0 Å². The normalized spacial score (nSPS) is 15.3. The van der Waals surface area contributed by atoms with Crippen molar-refractivity contribution in [1.82, 2.24) is 0 Å². The molecule has 2 aromatic carbocycles. The molecule has 2 amide bonds. The lowest BCUT2D eigenvalue weighted by Gasteiger charge is -2.17. The molecule has 1 fully saturated rings. The van der Waals surface area contributed by atoms with Gasteiger partial charge < -0.3 is 19.7 Å². The van der Waals surface area contributed by atoms with Gasteiger partial charge in [-0.2, -0.15) is 0 Å². The predicted octanol–water partition coefficient (Wildman–Crippen LogP) is 3.26. The number of benzene rings is 2. The van der Waals surface area contributed by atoms with Gasteiger partial charge in [0.25, 0.3) is 5.91 Å². The van der Waals surface area contributed by atoms with Crippen LogP contribution in [0.15, 0.2) is 36.4 Å². The van der Waals surface area contributed by atoms with Gasteiger partial charge in [-0.25, -0.2) is 0 Å². The maximum atomic E-state index is 12.6. The summed E-state index contributed by atoms with van der Waals surface area (Å²) in [6.07, 6.45) is 2.82. The summed E-state index contributed by atoms with van der Waals surface area (Å²) in [5.74, 6) is 1.30. The molecule has 1 saturated carbocycles. The van der Waals surface area contributed by atoms with Crippen LogP contribution >= 0.6 is 0 Å². The second-order valence-corrected chi connectivity index (χ2v) is 6.88. The number of carbonyl (C=O) groups is 2. The van der Waals surface area contributed by atoms with Gasteiger partial charge in [0.05, 0.1) is 14.2 Å². The van der Waals surface area contributed by atoms with Gasteiger partial charge in [0, 0.05) is 29.4 Å². The highest BCUT2D eigenvalue weighted by Gasteiger charge is 2.36. The molecule has 1 heterocycles. The first-order valence-corrected chi connectivity index (χ1v) is 9.08. The number of fused-ring (bicyclic) bond motifs is 1. The fraction of sp³-hybridized carbons (Fsp3) is 0.333. The average molecular weight is 366 g/mol. The number of methoxy groups -OCH3 is 2. The third kappa shape index (κ3) is 3.35. The van der Waals surface area contributed by atoms with Gasteiger partial charge in [-0.3, -0.25) is 9.59 Å². The van der Waals surface area contributed by atoms with Gasteiger partial charge in [-0.15, -0.1) is 0 Å². The molecule has 0 aromatic heterocycles. The molecule has 27 heavy (non-hydrogen) atoms. The van der Waals surface area contributed by atoms with E-state index in [9.17, 15) is 9.59 Å². The van der Waals surface area contributed by atoms with Crippen LogP contribution in [0.3, 0.4) is 0 Å². The minimum atomic E-state index is -0.222. The molecule has 2 aliphatic rings. The van der Waals surface area contributed by atoms with Crippen molar-refractivity contribution in [3.8, 4) is 11.5 Å². The van der Waals surface area contributed by atoms with Crippen molar-refractivity contribution < 1.29 is 19.1 Å². The predicted molar refractivity (Wildman–Crippen MR) is 103 cm³/mol. The summed E-state index contributed by atoms with van der Waals surface area (Å²) < 4.78 is 10.5. The summed E-state index contributed by atoms with van der Waals surface area (Å²) >= 11 is 0. The van der Waals surface area contributed by atoms with Crippen molar-refractivity contribution in [2.24, 2.45) is 5.92 Å². The van der Waals surface area contributed by atoms with E-state index >= 15 is 0 Å². The van der Waals surface area contributed by atoms with Crippen LogP contribution in [0.1, 0.15) is 28.8 Å². The van der Waals surface area contributed by atoms with E-state index < -0.39 is 0 Å². The second kappa shape index (κ2) is 6.95. The van der Waals surface area contributed by atoms with E-state index in [4.69, 9.17) is 9.47 Å². The molecular weight excluding hydrogens is 344 g/mol. The molecule has 0 atom stereocenters. The van der Waals surface area contributed by atoms with E-state index in [1.54, 1.807) is 25.3 Å². The summed E-state index contributed by atoms with van der Waals surface area (Å²) in [5, 5.41) is 2.92. The Bertz CT molecular complexity index is 905. The summed E-state index contributed by atoms with van der Waals surface area (Å²) in [7, 11) is 3.09. The Morgan fingerprint density at radius 1 is 1.04 bits per heavy atom. The summed E-state index contributed by atoms with van der Waals surface area (Å²) in [4.78, 5) is 26.8. The van der Waals surface area contributed by atoms with Gasteiger partial charge in [0.1, 0.15) is 0 Å². The number of rotatable bonds is 5. The number of hydrogen-bond acceptors (Lipinski definition) is 4. The first kappa shape index (κ1) is 17.4. The zero-order chi connectivity index (χ0) is 19.0. The highest BCUT2D eigenvalue weighted by molar-refractivity contribution is 6.05. The maximum absolute atomic E-state index is 12.6. The highest BCUT2D eigenvalue weighted by atomic mass is 16.5. The SMILES string of the molecule is COc1ccc(C(=O)Nc2ccc3c(c2)CCN3C(=O)C2CC2)cc1OC. The third-order valence-corrected chi connectivity index (χ3v) is 5.07. The molecule has 6 nitrogen and oxygen atoms in total. The lowest BCUT2D eigenvalue weighted by molar-refractivity contribution is -0.119. The van der Waals surface area contributed by atoms with E-state index in [0.717, 1.165) is 37.1 Å². The van der Waals surface area contributed by atoms with Crippen molar-refractivity contribution >= 4 is 23.2 Å². The third-order valence-electron chi connectivity index (χ3n) is 5.07. The van der Waals surface area contributed by atoms with Crippen LogP contribution in [0, 0.1) is 5.92 Å². The maximum Gasteiger partial charge on any atom is 0.255 e. The lowest BCUT2D eigenvalue weighted by atomic mass is 10.1. The minimum Gasteiger partial charge on any atom is -0.493 e. The Labute approximate surface area is 158 Å². The van der Waals surface area contributed by atoms with Gasteiger partial charge in [0.15, 0.2) is 11.5 Å². The molecular formula is C21H22N2O4. The summed E-state index contributed by atoms with van der Waals surface area (Å²) in [6, 6.07) is 10.8. The molecule has 1 aliphatic carbocycles. The summed E-state index contributed by atoms with van der Waals surface area (Å²) in [6.45, 7) is 0.720. The van der Waals surface area contributed by atoms with Crippen LogP contribution in [-0.4, -0.2) is 32.6 Å². The first-order valence-electron chi connectivity index (χ1n) is 9.08. The van der Waals surface area contributed by atoms with E-state index in [1.807, 2.05) is 23.1 Å². The van der Waals surface area contributed by atoms with E-state index in [2.05, 4.69) is 5.32 Å². The average Bonchev–Trinajstić information content (AvgIpc) is 3.46. The van der Waals surface area contributed by atoms with Crippen LogP contribution in [0.5, 0.6) is 11.5 Å². The molecule has 1 N–H and O–H groups in total. The molecule has 1 aliphatic heterocycles. The monoisotopic (exact) mass is 366 g/mol. The van der Waals surface area contributed by atoms with Crippen molar-refractivity contribution in [2.75, 3.05) is 31.0 Å². The number of anilines is 2. The number of amides is 2. The number of hydrogen-bond donors (Lipinski definition) is 1. The van der Waals surface area contributed by atoms with Crippen molar-refractivity contribution in [3.63, 3.8) is 0 Å². The molecule has 6 heteroatoms. The molecule has 0 unspecified atom stereocenters. The molecule has 0 saturated heterocycles. The smallest absolute Gasteiger partial charge is 0.255 e. The molecule has 140 valence electrons. The van der Waals surface area contributed by atoms with Crippen LogP contribution in [0.25, 0.3) is 0 Å². The zero-order valence-electron chi connectivity index (χ0n) is 15.5. The molecule has 0 radical (unpaired) electrons. The van der Waals surface area contributed by atoms with E-state index in [0.29, 0.717) is 22.7 Å². The number of ether oxygens (including phenoxy) is 2. The quantitative estimate of drug-likeness (QED) is 0.882. The number of carbonyl (C=O) groups excluding carboxylic acids is 2. The van der Waals surface area contributed by atoms with Gasteiger partial charge in [-0.1, -0.05) is 0 Å². The van der Waals surface area contributed by atoms with E-state index in [-0.39, 0.29) is 17.7 Å². The Morgan fingerprint density at radius 2 is 1.81 bits per heavy atom. The van der Waals surface area contributed by atoms with Gasteiger partial charge in [-0.05, 0) is 61.2 Å². The van der Waals surface area contributed by atoms with Crippen LogP contribution < -0.4 is 19.7 Å². The second-order valence-electron chi connectivity index (χ2n) is 6.88. The van der Waals surface area contributed by atoms with Crippen molar-refractivity contribution in [2.45, 2.75) is 19.3 Å². The van der Waals surface area contributed by atoms with Gasteiger partial charge in [0.2, 0.25) is 5.91 Å². The zero-order valence-corrected chi connectivity index (χ0v) is 15.5. The number of nitrogens with zero attached hydrogens (tertiary/aromatic N) is 1. The standard InChI is InChI=1S/C21H22N2O4/c1-26-18-8-5-15(12-19(18)27-2)20(24)22-16-6-7-17-14(11-16)9-10-23(17)21(25)13-3-4-13/h5-8,11-13H,3-4,9-10H2,1-2H3,(H,22,24). The highest BCUT2D eigenvalue weighted by Crippen LogP contribution is 2.37. The summed E-state index contributed by atoms with van der Waals surface area (Å²) in [5.41, 5.74) is 3.26. The fourth-order valence-corrected chi connectivity index (χ4v) is 3.44. The number of nitrogens with one attached hydrogen (secondary N) is 1. The Morgan fingerprint density at radius 3 is 2.52 bits per heavy atom. The van der Waals surface area contributed by atoms with Crippen LogP contribution in [-0.2, 0) is 11.2 Å². The molecule has 0 spiro atoms. The first-order chi connectivity index (χ1) is 13.1. The Balaban J connectivity index is 1.50. The van der Waals surface area contributed by atoms with Crippen LogP contribution in [0.2, 0.25) is 0 Å². The van der Waals surface area contributed by atoms with Crippen molar-refractivity contribution in [3.05, 3.63) is 47.5 Å². The molecule has 4 rings (SSSR count).